The number of hydrogen-bond acceptors (Lipinski definition) is 4. The molecule has 23 heavy (non-hydrogen) atoms. The van der Waals surface area contributed by atoms with Gasteiger partial charge in [0, 0.05) is 7.11 Å². The van der Waals surface area contributed by atoms with E-state index in [1.165, 1.54) is 0 Å². The molecule has 0 saturated carbocycles. The number of primary amides is 1. The molecule has 0 spiro atoms. The van der Waals surface area contributed by atoms with Gasteiger partial charge in [-0.2, -0.15) is 0 Å². The third-order valence-electron chi connectivity index (χ3n) is 4.26. The summed E-state index contributed by atoms with van der Waals surface area (Å²) in [5.41, 5.74) is 5.89. The predicted molar refractivity (Wildman–Crippen MR) is 88.6 cm³/mol. The summed E-state index contributed by atoms with van der Waals surface area (Å²) in [4.78, 5) is 11.7. The molecule has 1 aliphatic carbocycles. The third-order valence-corrected chi connectivity index (χ3v) is 4.26. The van der Waals surface area contributed by atoms with Crippen LogP contribution in [0.1, 0.15) is 12.0 Å². The molecule has 124 valence electrons. The van der Waals surface area contributed by atoms with Crippen molar-refractivity contribution in [3.05, 3.63) is 48.1 Å². The van der Waals surface area contributed by atoms with Gasteiger partial charge in [-0.25, -0.2) is 0 Å². The fourth-order valence-electron chi connectivity index (χ4n) is 2.91. The quantitative estimate of drug-likeness (QED) is 0.837. The molecule has 0 aliphatic heterocycles. The summed E-state index contributed by atoms with van der Waals surface area (Å²) < 4.78 is 16.2. The molecule has 5 heteroatoms. The van der Waals surface area contributed by atoms with Crippen LogP contribution in [0.5, 0.6) is 11.5 Å². The zero-order chi connectivity index (χ0) is 16.9. The first kappa shape index (κ1) is 17.1. The maximum absolute atomic E-state index is 11.7. The number of ether oxygens (including phenoxy) is 3. The lowest BCUT2D eigenvalue weighted by Gasteiger charge is -2.35. The van der Waals surface area contributed by atoms with Crippen molar-refractivity contribution in [1.29, 1.82) is 0 Å². The number of hydrogen-bond donors (Lipinski definition) is 1. The number of allylic oxidation sites excluding steroid dienone is 2. The number of amides is 1. The first-order valence-electron chi connectivity index (χ1n) is 7.47. The van der Waals surface area contributed by atoms with Crippen LogP contribution in [0.2, 0.25) is 0 Å². The molecule has 0 heterocycles. The zero-order valence-electron chi connectivity index (χ0n) is 13.7. The summed E-state index contributed by atoms with van der Waals surface area (Å²) in [6.07, 6.45) is 8.76. The molecule has 2 N–H and O–H groups in total. The minimum atomic E-state index is -0.715. The van der Waals surface area contributed by atoms with Gasteiger partial charge in [-0.05, 0) is 30.5 Å². The Hall–Kier alpha value is -2.27. The summed E-state index contributed by atoms with van der Waals surface area (Å²) in [5, 5.41) is 0. The van der Waals surface area contributed by atoms with Gasteiger partial charge in [0.2, 0.25) is 5.91 Å². The van der Waals surface area contributed by atoms with E-state index in [1.807, 2.05) is 36.4 Å². The highest BCUT2D eigenvalue weighted by molar-refractivity contribution is 5.81. The second-order valence-electron chi connectivity index (χ2n) is 5.47. The van der Waals surface area contributed by atoms with Crippen molar-refractivity contribution in [2.24, 2.45) is 11.7 Å². The topological polar surface area (TPSA) is 70.8 Å². The Morgan fingerprint density at radius 3 is 2.52 bits per heavy atom. The van der Waals surface area contributed by atoms with Crippen LogP contribution in [0.15, 0.2) is 42.5 Å². The van der Waals surface area contributed by atoms with Gasteiger partial charge in [0.25, 0.3) is 0 Å². The van der Waals surface area contributed by atoms with E-state index in [0.29, 0.717) is 17.9 Å². The zero-order valence-corrected chi connectivity index (χ0v) is 13.7. The van der Waals surface area contributed by atoms with Crippen LogP contribution >= 0.6 is 0 Å². The Balaban J connectivity index is 2.19. The lowest BCUT2D eigenvalue weighted by Crippen LogP contribution is -2.45. The molecule has 0 radical (unpaired) electrons. The van der Waals surface area contributed by atoms with E-state index in [0.717, 1.165) is 12.0 Å². The summed E-state index contributed by atoms with van der Waals surface area (Å²) in [6.45, 7) is 0. The second kappa shape index (κ2) is 7.33. The average molecular weight is 317 g/mol. The third kappa shape index (κ3) is 3.56. The molecule has 0 fully saturated rings. The number of rotatable bonds is 7. The van der Waals surface area contributed by atoms with Gasteiger partial charge in [0.1, 0.15) is 5.60 Å². The standard InChI is InChI=1S/C18H23NO4/c1-21-15-8-7-13(12-16(15)22-2)9-11-18(23-3)10-5-4-6-14(18)17(19)20/h4-8,10,12,14H,9,11H2,1-3H3,(H2,19,20). The molecule has 1 aromatic rings. The Morgan fingerprint density at radius 1 is 1.17 bits per heavy atom. The Morgan fingerprint density at radius 2 is 1.91 bits per heavy atom. The maximum Gasteiger partial charge on any atom is 0.227 e. The summed E-state index contributed by atoms with van der Waals surface area (Å²) in [5.74, 6) is 0.507. The van der Waals surface area contributed by atoms with Crippen molar-refractivity contribution in [3.8, 4) is 11.5 Å². The highest BCUT2D eigenvalue weighted by Gasteiger charge is 2.39. The molecule has 0 aromatic heterocycles. The number of methoxy groups -OCH3 is 3. The fraction of sp³-hybridized carbons (Fsp3) is 0.389. The molecule has 1 amide bonds. The molecule has 2 atom stereocenters. The highest BCUT2D eigenvalue weighted by atomic mass is 16.5. The first-order valence-corrected chi connectivity index (χ1v) is 7.47. The van der Waals surface area contributed by atoms with Gasteiger partial charge in [0.05, 0.1) is 20.1 Å². The molecule has 2 unspecified atom stereocenters. The van der Waals surface area contributed by atoms with E-state index in [2.05, 4.69) is 0 Å². The van der Waals surface area contributed by atoms with Crippen LogP contribution in [0.3, 0.4) is 0 Å². The fourth-order valence-corrected chi connectivity index (χ4v) is 2.91. The van der Waals surface area contributed by atoms with Crippen LogP contribution in [0.25, 0.3) is 0 Å². The minimum Gasteiger partial charge on any atom is -0.493 e. The number of carbonyl (C=O) groups excluding carboxylic acids is 1. The smallest absolute Gasteiger partial charge is 0.227 e. The van der Waals surface area contributed by atoms with E-state index >= 15 is 0 Å². The SMILES string of the molecule is COc1ccc(CCC2(OC)C=CC=CC2C(N)=O)cc1OC. The number of aryl methyl sites for hydroxylation is 1. The Labute approximate surface area is 136 Å². The van der Waals surface area contributed by atoms with Gasteiger partial charge < -0.3 is 19.9 Å². The van der Waals surface area contributed by atoms with Crippen molar-refractivity contribution < 1.29 is 19.0 Å². The van der Waals surface area contributed by atoms with Gasteiger partial charge in [-0.1, -0.05) is 30.4 Å². The summed E-state index contributed by atoms with van der Waals surface area (Å²) in [7, 11) is 4.82. The van der Waals surface area contributed by atoms with Crippen LogP contribution < -0.4 is 15.2 Å². The number of carbonyl (C=O) groups is 1. The van der Waals surface area contributed by atoms with Gasteiger partial charge in [0.15, 0.2) is 11.5 Å². The van der Waals surface area contributed by atoms with Crippen LogP contribution in [-0.2, 0) is 16.0 Å². The van der Waals surface area contributed by atoms with Crippen molar-refractivity contribution in [1.82, 2.24) is 0 Å². The Kier molecular flexibility index (Phi) is 5.45. The van der Waals surface area contributed by atoms with Crippen molar-refractivity contribution in [3.63, 3.8) is 0 Å². The normalized spacial score (nSPS) is 22.8. The largest absolute Gasteiger partial charge is 0.493 e. The minimum absolute atomic E-state index is 0.389. The number of benzene rings is 1. The molecule has 0 bridgehead atoms. The van der Waals surface area contributed by atoms with E-state index in [-0.39, 0.29) is 5.91 Å². The predicted octanol–water partition coefficient (Wildman–Crippen LogP) is 2.25. The maximum atomic E-state index is 11.7. The van der Waals surface area contributed by atoms with Crippen LogP contribution in [0, 0.1) is 5.92 Å². The number of nitrogens with two attached hydrogens (primary N) is 1. The second-order valence-corrected chi connectivity index (χ2v) is 5.47. The Bertz CT molecular complexity index is 623. The molecule has 0 saturated heterocycles. The molecule has 2 rings (SSSR count). The van der Waals surface area contributed by atoms with E-state index in [1.54, 1.807) is 27.4 Å². The molecular weight excluding hydrogens is 294 g/mol. The van der Waals surface area contributed by atoms with Crippen molar-refractivity contribution >= 4 is 5.91 Å². The van der Waals surface area contributed by atoms with E-state index < -0.39 is 11.5 Å². The molecule has 5 nitrogen and oxygen atoms in total. The molecule has 1 aromatic carbocycles. The summed E-state index contributed by atoms with van der Waals surface area (Å²) in [6, 6.07) is 5.78. The lowest BCUT2D eigenvalue weighted by molar-refractivity contribution is -0.128. The van der Waals surface area contributed by atoms with Crippen molar-refractivity contribution in [2.45, 2.75) is 18.4 Å². The average Bonchev–Trinajstić information content (AvgIpc) is 2.59. The summed E-state index contributed by atoms with van der Waals surface area (Å²) >= 11 is 0. The molecule has 1 aliphatic rings. The van der Waals surface area contributed by atoms with E-state index in [4.69, 9.17) is 19.9 Å². The van der Waals surface area contributed by atoms with Gasteiger partial charge >= 0.3 is 0 Å². The van der Waals surface area contributed by atoms with Crippen LogP contribution in [0.4, 0.5) is 0 Å². The monoisotopic (exact) mass is 317 g/mol. The van der Waals surface area contributed by atoms with E-state index in [9.17, 15) is 4.79 Å². The van der Waals surface area contributed by atoms with Gasteiger partial charge in [-0.3, -0.25) is 4.79 Å². The van der Waals surface area contributed by atoms with Crippen LogP contribution in [-0.4, -0.2) is 32.8 Å². The molecular formula is C18H23NO4. The van der Waals surface area contributed by atoms with Gasteiger partial charge in [-0.15, -0.1) is 0 Å². The van der Waals surface area contributed by atoms with Crippen molar-refractivity contribution in [2.75, 3.05) is 21.3 Å². The highest BCUT2D eigenvalue weighted by Crippen LogP contribution is 2.34. The lowest BCUT2D eigenvalue weighted by atomic mass is 9.79. The first-order chi connectivity index (χ1) is 11.1.